The summed E-state index contributed by atoms with van der Waals surface area (Å²) in [5, 5.41) is 3.87. The zero-order valence-electron chi connectivity index (χ0n) is 20.1. The third kappa shape index (κ3) is 9.30. The number of benzene rings is 2. The predicted molar refractivity (Wildman–Crippen MR) is 135 cm³/mol. The average Bonchev–Trinajstić information content (AvgIpc) is 2.82. The van der Waals surface area contributed by atoms with Crippen LogP contribution in [-0.2, 0) is 23.9 Å². The average molecular weight is 532 g/mol. The molecule has 0 saturated carbocycles. The summed E-state index contributed by atoms with van der Waals surface area (Å²) in [7, 11) is 0. The van der Waals surface area contributed by atoms with Crippen LogP contribution in [0.4, 0.5) is 13.2 Å². The van der Waals surface area contributed by atoms with Crippen molar-refractivity contribution in [1.29, 1.82) is 0 Å². The van der Waals surface area contributed by atoms with Crippen molar-refractivity contribution in [3.05, 3.63) is 69.2 Å². The van der Waals surface area contributed by atoms with Crippen LogP contribution < -0.4 is 9.47 Å². The van der Waals surface area contributed by atoms with Crippen LogP contribution >= 0.6 is 23.2 Å². The Kier molecular flexibility index (Phi) is 11.7. The first kappa shape index (κ1) is 28.9. The lowest BCUT2D eigenvalue weighted by Gasteiger charge is -2.17. The highest BCUT2D eigenvalue weighted by Crippen LogP contribution is 2.32. The molecule has 0 fully saturated rings. The van der Waals surface area contributed by atoms with Crippen LogP contribution in [0.2, 0.25) is 0 Å². The first-order chi connectivity index (χ1) is 16.7. The Morgan fingerprint density at radius 1 is 0.971 bits per heavy atom. The standard InChI is InChI=1S/C26H30Cl2F3NO3/c1-4-19-16-21(33-15-12-24(27)28)17-20(5-2)25(19)34-13-8-9-14-35-32-18(3)22-10-6-7-11-23(22)26(29,30)31/h6-7,10-12,16-17H,4-5,8-9,13-15H2,1-3H3/b32-18+. The van der Waals surface area contributed by atoms with Gasteiger partial charge in [0.25, 0.3) is 0 Å². The van der Waals surface area contributed by atoms with Crippen LogP contribution in [0.1, 0.15) is 55.9 Å². The van der Waals surface area contributed by atoms with Gasteiger partial charge in [-0.3, -0.25) is 0 Å². The van der Waals surface area contributed by atoms with Crippen molar-refractivity contribution in [1.82, 2.24) is 0 Å². The number of hydrogen-bond acceptors (Lipinski definition) is 4. The van der Waals surface area contributed by atoms with Crippen molar-refractivity contribution < 1.29 is 27.5 Å². The Morgan fingerprint density at radius 3 is 2.20 bits per heavy atom. The summed E-state index contributed by atoms with van der Waals surface area (Å²) in [5.74, 6) is 1.58. The molecule has 0 radical (unpaired) electrons. The van der Waals surface area contributed by atoms with Gasteiger partial charge in [0.1, 0.15) is 29.2 Å². The summed E-state index contributed by atoms with van der Waals surface area (Å²) in [4.78, 5) is 5.25. The maximum absolute atomic E-state index is 13.2. The molecule has 0 saturated heterocycles. The fourth-order valence-corrected chi connectivity index (χ4v) is 3.52. The zero-order chi connectivity index (χ0) is 25.8. The fraction of sp³-hybridized carbons (Fsp3) is 0.423. The number of ether oxygens (including phenoxy) is 2. The molecular weight excluding hydrogens is 502 g/mol. The minimum absolute atomic E-state index is 0.0109. The van der Waals surface area contributed by atoms with E-state index >= 15 is 0 Å². The SMILES string of the molecule is CCc1cc(OCC=C(Cl)Cl)cc(CC)c1OCCCCO/N=C(\C)c1ccccc1C(F)(F)F. The molecule has 2 aromatic carbocycles. The number of halogens is 5. The molecule has 2 aromatic rings. The molecule has 2 rings (SSSR count). The largest absolute Gasteiger partial charge is 0.493 e. The van der Waals surface area contributed by atoms with Crippen LogP contribution in [0.25, 0.3) is 0 Å². The van der Waals surface area contributed by atoms with Crippen molar-refractivity contribution >= 4 is 28.9 Å². The molecule has 0 spiro atoms. The summed E-state index contributed by atoms with van der Waals surface area (Å²) in [6, 6.07) is 9.21. The second kappa shape index (κ2) is 14.2. The monoisotopic (exact) mass is 531 g/mol. The van der Waals surface area contributed by atoms with E-state index in [4.69, 9.17) is 37.5 Å². The first-order valence-electron chi connectivity index (χ1n) is 11.4. The van der Waals surface area contributed by atoms with Crippen LogP contribution in [-0.4, -0.2) is 25.5 Å². The molecule has 0 aliphatic rings. The number of oxime groups is 1. The molecule has 35 heavy (non-hydrogen) atoms. The Balaban J connectivity index is 1.87. The van der Waals surface area contributed by atoms with E-state index in [1.54, 1.807) is 12.1 Å². The molecule has 0 unspecified atom stereocenters. The Morgan fingerprint density at radius 2 is 1.60 bits per heavy atom. The van der Waals surface area contributed by atoms with E-state index in [-0.39, 0.29) is 29.0 Å². The lowest BCUT2D eigenvalue weighted by Crippen LogP contribution is -2.12. The highest BCUT2D eigenvalue weighted by atomic mass is 35.5. The van der Waals surface area contributed by atoms with Crippen LogP contribution in [0.3, 0.4) is 0 Å². The Hall–Kier alpha value is -2.38. The van der Waals surface area contributed by atoms with Crippen molar-refractivity contribution in [2.45, 2.75) is 52.6 Å². The third-order valence-electron chi connectivity index (χ3n) is 5.17. The van der Waals surface area contributed by atoms with E-state index in [9.17, 15) is 13.2 Å². The van der Waals surface area contributed by atoms with E-state index in [1.165, 1.54) is 19.1 Å². The molecule has 0 heterocycles. The first-order valence-corrected chi connectivity index (χ1v) is 12.2. The maximum Gasteiger partial charge on any atom is 0.417 e. The number of alkyl halides is 3. The van der Waals surface area contributed by atoms with Gasteiger partial charge in [0.2, 0.25) is 0 Å². The van der Waals surface area contributed by atoms with Gasteiger partial charge in [0, 0.05) is 5.56 Å². The van der Waals surface area contributed by atoms with Gasteiger partial charge in [0.05, 0.1) is 17.9 Å². The van der Waals surface area contributed by atoms with E-state index in [1.807, 2.05) is 26.0 Å². The number of rotatable bonds is 13. The minimum Gasteiger partial charge on any atom is -0.493 e. The summed E-state index contributed by atoms with van der Waals surface area (Å²) < 4.78 is 51.4. The molecule has 9 heteroatoms. The summed E-state index contributed by atoms with van der Waals surface area (Å²) in [5.41, 5.74) is 1.55. The van der Waals surface area contributed by atoms with Crippen molar-refractivity contribution in [2.75, 3.05) is 19.8 Å². The normalized spacial score (nSPS) is 11.8. The van der Waals surface area contributed by atoms with E-state index in [2.05, 4.69) is 5.16 Å². The third-order valence-corrected chi connectivity index (χ3v) is 5.47. The van der Waals surface area contributed by atoms with Crippen LogP contribution in [0.15, 0.2) is 52.1 Å². The predicted octanol–water partition coefficient (Wildman–Crippen LogP) is 8.13. The molecule has 0 aromatic heterocycles. The number of unbranched alkanes of at least 4 members (excludes halogenated alkanes) is 1. The summed E-state index contributed by atoms with van der Waals surface area (Å²) >= 11 is 11.2. The van der Waals surface area contributed by atoms with Crippen LogP contribution in [0, 0.1) is 0 Å². The Labute approximate surface area is 214 Å². The van der Waals surface area contributed by atoms with Crippen LogP contribution in [0.5, 0.6) is 11.5 Å². The topological polar surface area (TPSA) is 40.0 Å². The molecule has 0 atom stereocenters. The van der Waals surface area contributed by atoms with Gasteiger partial charge in [-0.1, -0.05) is 60.4 Å². The fourth-order valence-electron chi connectivity index (χ4n) is 3.40. The van der Waals surface area contributed by atoms with E-state index in [0.717, 1.165) is 41.5 Å². The highest BCUT2D eigenvalue weighted by Gasteiger charge is 2.33. The van der Waals surface area contributed by atoms with Gasteiger partial charge < -0.3 is 14.3 Å². The molecular formula is C26H30Cl2F3NO3. The summed E-state index contributed by atoms with van der Waals surface area (Å²) in [6.07, 6.45) is 0.0427. The second-order valence-electron chi connectivity index (χ2n) is 7.69. The second-order valence-corrected chi connectivity index (χ2v) is 8.70. The molecule has 0 bridgehead atoms. The van der Waals surface area contributed by atoms with Crippen molar-refractivity contribution in [3.63, 3.8) is 0 Å². The molecule has 192 valence electrons. The Bertz CT molecular complexity index is 994. The van der Waals surface area contributed by atoms with Gasteiger partial charge in [-0.2, -0.15) is 13.2 Å². The van der Waals surface area contributed by atoms with E-state index < -0.39 is 11.7 Å². The molecule has 0 amide bonds. The van der Waals surface area contributed by atoms with Gasteiger partial charge >= 0.3 is 6.18 Å². The molecule has 0 aliphatic carbocycles. The maximum atomic E-state index is 13.2. The van der Waals surface area contributed by atoms with E-state index in [0.29, 0.717) is 19.4 Å². The molecule has 0 N–H and O–H groups in total. The summed E-state index contributed by atoms with van der Waals surface area (Å²) in [6.45, 7) is 6.63. The minimum atomic E-state index is -4.45. The molecule has 4 nitrogen and oxygen atoms in total. The molecule has 0 aliphatic heterocycles. The number of hydrogen-bond donors (Lipinski definition) is 0. The number of aryl methyl sites for hydroxylation is 2. The van der Waals surface area contributed by atoms with Gasteiger partial charge in [-0.25, -0.2) is 0 Å². The zero-order valence-corrected chi connectivity index (χ0v) is 21.6. The van der Waals surface area contributed by atoms with Gasteiger partial charge in [0.15, 0.2) is 0 Å². The smallest absolute Gasteiger partial charge is 0.417 e. The highest BCUT2D eigenvalue weighted by molar-refractivity contribution is 6.55. The lowest BCUT2D eigenvalue weighted by atomic mass is 10.0. The van der Waals surface area contributed by atoms with Gasteiger partial charge in [-0.15, -0.1) is 0 Å². The van der Waals surface area contributed by atoms with Gasteiger partial charge in [-0.05, 0) is 68.0 Å². The number of nitrogens with zero attached hydrogens (tertiary/aromatic N) is 1. The quantitative estimate of drug-likeness (QED) is 0.149. The van der Waals surface area contributed by atoms with Crippen molar-refractivity contribution in [3.8, 4) is 11.5 Å². The lowest BCUT2D eigenvalue weighted by molar-refractivity contribution is -0.137. The van der Waals surface area contributed by atoms with Crippen molar-refractivity contribution in [2.24, 2.45) is 5.16 Å².